The molecular weight excluding hydrogens is 452 g/mol. The van der Waals surface area contributed by atoms with Gasteiger partial charge in [-0.3, -0.25) is 4.79 Å². The van der Waals surface area contributed by atoms with Gasteiger partial charge in [0, 0.05) is 23.5 Å². The van der Waals surface area contributed by atoms with Gasteiger partial charge in [0.2, 0.25) is 5.91 Å². The van der Waals surface area contributed by atoms with Gasteiger partial charge in [-0.05, 0) is 49.8 Å². The Kier molecular flexibility index (Phi) is 8.85. The number of benzene rings is 2. The number of alkyl halides is 3. The first kappa shape index (κ1) is 26.5. The molecule has 0 aliphatic rings. The van der Waals surface area contributed by atoms with Crippen molar-refractivity contribution in [2.24, 2.45) is 0 Å². The van der Waals surface area contributed by atoms with Crippen molar-refractivity contribution in [3.63, 3.8) is 0 Å². The van der Waals surface area contributed by atoms with Crippen LogP contribution < -0.4 is 21.3 Å². The zero-order chi connectivity index (χ0) is 25.5. The Hall–Kier alpha value is -3.79. The van der Waals surface area contributed by atoms with E-state index < -0.39 is 36.6 Å². The van der Waals surface area contributed by atoms with Gasteiger partial charge >= 0.3 is 6.18 Å². The number of allylic oxidation sites excluding steroid dienone is 1. The maximum absolute atomic E-state index is 13.8. The maximum atomic E-state index is 13.8. The van der Waals surface area contributed by atoms with Crippen molar-refractivity contribution in [3.8, 4) is 0 Å². The molecule has 0 aliphatic heterocycles. The van der Waals surface area contributed by atoms with Crippen LogP contribution in [0.1, 0.15) is 18.1 Å². The van der Waals surface area contributed by atoms with Crippen molar-refractivity contribution < 1.29 is 27.5 Å². The van der Waals surface area contributed by atoms with E-state index in [0.717, 1.165) is 6.08 Å². The van der Waals surface area contributed by atoms with Crippen molar-refractivity contribution in [3.05, 3.63) is 89.7 Å². The smallest absolute Gasteiger partial charge is 0.392 e. The number of rotatable bonds is 10. The van der Waals surface area contributed by atoms with Gasteiger partial charge in [-0.2, -0.15) is 13.2 Å². The third kappa shape index (κ3) is 7.11. The number of carbonyl (C=O) groups excluding carboxylic acids is 1. The topological polar surface area (TPSA) is 85.4 Å². The van der Waals surface area contributed by atoms with Gasteiger partial charge in [0.1, 0.15) is 5.82 Å². The van der Waals surface area contributed by atoms with E-state index in [1.807, 2.05) is 0 Å². The second-order valence-electron chi connectivity index (χ2n) is 7.34. The summed E-state index contributed by atoms with van der Waals surface area (Å²) in [5.41, 5.74) is 0.397. The molecular formula is C24H26F4N4O2. The predicted octanol–water partition coefficient (Wildman–Crippen LogP) is 5.17. The number of halogens is 4. The summed E-state index contributed by atoms with van der Waals surface area (Å²) < 4.78 is 55.1. The molecule has 0 atom stereocenters. The maximum Gasteiger partial charge on any atom is 0.416 e. The Labute approximate surface area is 195 Å². The Morgan fingerprint density at radius 2 is 1.71 bits per heavy atom. The minimum atomic E-state index is -4.67. The molecule has 6 nitrogen and oxygen atoms in total. The van der Waals surface area contributed by atoms with E-state index in [-0.39, 0.29) is 22.8 Å². The van der Waals surface area contributed by atoms with Crippen molar-refractivity contribution >= 4 is 23.0 Å². The number of amides is 1. The van der Waals surface area contributed by atoms with Crippen molar-refractivity contribution in [1.82, 2.24) is 5.32 Å². The van der Waals surface area contributed by atoms with Crippen molar-refractivity contribution in [2.75, 3.05) is 22.5 Å². The molecule has 0 aliphatic carbocycles. The van der Waals surface area contributed by atoms with Crippen LogP contribution in [0.2, 0.25) is 0 Å². The third-order valence-electron chi connectivity index (χ3n) is 4.82. The summed E-state index contributed by atoms with van der Waals surface area (Å²) in [4.78, 5) is 11.6. The van der Waals surface area contributed by atoms with E-state index in [0.29, 0.717) is 16.9 Å². The average Bonchev–Trinajstić information content (AvgIpc) is 2.76. The molecule has 0 saturated heterocycles. The van der Waals surface area contributed by atoms with Crippen LogP contribution >= 0.6 is 0 Å². The molecule has 0 bridgehead atoms. The molecule has 0 saturated carbocycles. The number of hydrogen-bond donors (Lipinski definition) is 5. The Morgan fingerprint density at radius 1 is 1.09 bits per heavy atom. The summed E-state index contributed by atoms with van der Waals surface area (Å²) in [5.74, 6) is -1.04. The van der Waals surface area contributed by atoms with E-state index in [1.54, 1.807) is 25.1 Å². The molecule has 0 fully saturated rings. The van der Waals surface area contributed by atoms with Crippen LogP contribution in [0.15, 0.2) is 72.7 Å². The van der Waals surface area contributed by atoms with Crippen LogP contribution in [0.3, 0.4) is 0 Å². The van der Waals surface area contributed by atoms with Crippen LogP contribution in [-0.4, -0.2) is 23.7 Å². The largest absolute Gasteiger partial charge is 0.416 e. The van der Waals surface area contributed by atoms with Crippen molar-refractivity contribution in [2.45, 2.75) is 26.6 Å². The zero-order valence-corrected chi connectivity index (χ0v) is 18.7. The number of aliphatic hydroxyl groups is 1. The second kappa shape index (κ2) is 11.4. The lowest BCUT2D eigenvalue weighted by atomic mass is 10.1. The number of anilines is 3. The Morgan fingerprint density at radius 3 is 2.26 bits per heavy atom. The first-order valence-corrected chi connectivity index (χ1v) is 10.1. The molecule has 0 spiro atoms. The molecule has 2 aromatic rings. The van der Waals surface area contributed by atoms with E-state index in [2.05, 4.69) is 34.4 Å². The quantitative estimate of drug-likeness (QED) is 0.240. The fourth-order valence-electron chi connectivity index (χ4n) is 2.98. The van der Waals surface area contributed by atoms with Crippen LogP contribution in [0.25, 0.3) is 0 Å². The average molecular weight is 478 g/mol. The molecule has 1 amide bonds. The summed E-state index contributed by atoms with van der Waals surface area (Å²) in [6.07, 6.45) is -3.62. The highest BCUT2D eigenvalue weighted by molar-refractivity contribution is 6.01. The van der Waals surface area contributed by atoms with Crippen molar-refractivity contribution in [1.29, 1.82) is 0 Å². The van der Waals surface area contributed by atoms with Crippen LogP contribution in [0.5, 0.6) is 0 Å². The highest BCUT2D eigenvalue weighted by Crippen LogP contribution is 2.30. The molecule has 0 unspecified atom stereocenters. The number of hydrogen-bond acceptors (Lipinski definition) is 5. The summed E-state index contributed by atoms with van der Waals surface area (Å²) >= 11 is 0. The summed E-state index contributed by atoms with van der Waals surface area (Å²) in [5, 5.41) is 19.8. The van der Waals surface area contributed by atoms with E-state index >= 15 is 0 Å². The minimum Gasteiger partial charge on any atom is -0.392 e. The highest BCUT2D eigenvalue weighted by Gasteiger charge is 2.35. The Bertz CT molecular complexity index is 1110. The molecule has 5 N–H and O–H groups in total. The summed E-state index contributed by atoms with van der Waals surface area (Å²) in [6.45, 7) is 8.76. The normalized spacial score (nSPS) is 11.9. The second-order valence-corrected chi connectivity index (χ2v) is 7.34. The number of nitrogens with one attached hydrogen (secondary N) is 4. The molecule has 0 aromatic heterocycles. The van der Waals surface area contributed by atoms with Crippen LogP contribution in [0, 0.1) is 12.7 Å². The van der Waals surface area contributed by atoms with Crippen LogP contribution in [-0.2, 0) is 11.4 Å². The van der Waals surface area contributed by atoms with Gasteiger partial charge in [0.25, 0.3) is 0 Å². The fraction of sp³-hybridized carbons (Fsp3) is 0.208. The standard InChI is InChI=1S/C24H26F4N4O2/c1-5-23(34)32-21-9-7-6-8-20(21)30-15(3)18(24(26,27)28)12-29-16(4)31-22-11-17(13-33)19(25)10-14(22)2/h5-11,29-31,33H,1,4,12-13H2,2-3H3,(H,32,34)/b18-15-. The first-order valence-electron chi connectivity index (χ1n) is 10.1. The monoisotopic (exact) mass is 478 g/mol. The zero-order valence-electron chi connectivity index (χ0n) is 18.7. The summed E-state index contributed by atoms with van der Waals surface area (Å²) in [7, 11) is 0. The Balaban J connectivity index is 2.20. The minimum absolute atomic E-state index is 0.0408. The van der Waals surface area contributed by atoms with E-state index in [1.165, 1.54) is 25.1 Å². The van der Waals surface area contributed by atoms with Gasteiger partial charge in [0.05, 0.1) is 29.4 Å². The number of para-hydroxylation sites is 2. The molecule has 34 heavy (non-hydrogen) atoms. The molecule has 182 valence electrons. The molecule has 2 aromatic carbocycles. The van der Waals surface area contributed by atoms with Gasteiger partial charge in [-0.25, -0.2) is 4.39 Å². The van der Waals surface area contributed by atoms with Gasteiger partial charge < -0.3 is 26.4 Å². The van der Waals surface area contributed by atoms with Crippen LogP contribution in [0.4, 0.5) is 34.6 Å². The molecule has 0 heterocycles. The summed E-state index contributed by atoms with van der Waals surface area (Å²) in [6, 6.07) is 8.88. The fourth-order valence-corrected chi connectivity index (χ4v) is 2.98. The van der Waals surface area contributed by atoms with E-state index in [9.17, 15) is 27.5 Å². The number of aryl methyl sites for hydroxylation is 1. The van der Waals surface area contributed by atoms with Gasteiger partial charge in [-0.15, -0.1) is 0 Å². The SMILES string of the molecule is C=CC(=O)Nc1ccccc1N/C(C)=C(/CNC(=C)Nc1cc(CO)c(F)cc1C)C(F)(F)F. The molecule has 0 radical (unpaired) electrons. The lowest BCUT2D eigenvalue weighted by Crippen LogP contribution is -2.29. The number of carbonyl (C=O) groups is 1. The van der Waals surface area contributed by atoms with Gasteiger partial charge in [-0.1, -0.05) is 25.3 Å². The first-order chi connectivity index (χ1) is 16.0. The van der Waals surface area contributed by atoms with Gasteiger partial charge in [0.15, 0.2) is 0 Å². The molecule has 10 heteroatoms. The van der Waals surface area contributed by atoms with E-state index in [4.69, 9.17) is 0 Å². The predicted molar refractivity (Wildman–Crippen MR) is 125 cm³/mol. The highest BCUT2D eigenvalue weighted by atomic mass is 19.4. The third-order valence-corrected chi connectivity index (χ3v) is 4.82. The lowest BCUT2D eigenvalue weighted by Gasteiger charge is -2.21. The molecule has 2 rings (SSSR count). The lowest BCUT2D eigenvalue weighted by molar-refractivity contribution is -0.111. The number of aliphatic hydroxyl groups excluding tert-OH is 1.